The Balaban J connectivity index is 3.19. The summed E-state index contributed by atoms with van der Waals surface area (Å²) in [4.78, 5) is 23.7. The average Bonchev–Trinajstić information content (AvgIpc) is 2.84. The van der Waals surface area contributed by atoms with Crippen LogP contribution in [0.1, 0.15) is 13.8 Å². The van der Waals surface area contributed by atoms with Crippen LogP contribution in [0.2, 0.25) is 0 Å². The lowest BCUT2D eigenvalue weighted by Crippen LogP contribution is -2.35. The van der Waals surface area contributed by atoms with Gasteiger partial charge in [0.15, 0.2) is 5.41 Å². The Bertz CT molecular complexity index is 319. The van der Waals surface area contributed by atoms with Crippen LogP contribution < -0.4 is 0 Å². The summed E-state index contributed by atoms with van der Waals surface area (Å²) in [6, 6.07) is 0. The molecule has 0 amide bonds. The van der Waals surface area contributed by atoms with Gasteiger partial charge in [-0.2, -0.15) is 0 Å². The molecule has 0 aromatic rings. The van der Waals surface area contributed by atoms with E-state index in [1.54, 1.807) is 13.8 Å². The zero-order valence-electron chi connectivity index (χ0n) is 10.4. The molecule has 0 saturated heterocycles. The van der Waals surface area contributed by atoms with E-state index < -0.39 is 41.4 Å². The zero-order valence-corrected chi connectivity index (χ0v) is 10.4. The maximum Gasteiger partial charge on any atom is 0.324 e. The summed E-state index contributed by atoms with van der Waals surface area (Å²) in [5.41, 5.74) is -2.34. The summed E-state index contributed by atoms with van der Waals surface area (Å²) in [6.07, 6.45) is -1.16. The quantitative estimate of drug-likeness (QED) is 0.504. The van der Waals surface area contributed by atoms with E-state index in [1.165, 1.54) is 14.2 Å². The van der Waals surface area contributed by atoms with Crippen LogP contribution in [-0.2, 0) is 19.1 Å². The molecule has 1 aliphatic rings. The number of aliphatic hydroxyl groups is 2. The molecule has 1 fully saturated rings. The molecular weight excluding hydrogens is 228 g/mol. The first-order valence-corrected chi connectivity index (χ1v) is 5.28. The first-order chi connectivity index (χ1) is 7.82. The van der Waals surface area contributed by atoms with Gasteiger partial charge in [-0.15, -0.1) is 0 Å². The van der Waals surface area contributed by atoms with Crippen molar-refractivity contribution < 1.29 is 29.3 Å². The fourth-order valence-corrected chi connectivity index (χ4v) is 2.86. The van der Waals surface area contributed by atoms with Gasteiger partial charge in [0.25, 0.3) is 0 Å². The van der Waals surface area contributed by atoms with Crippen LogP contribution in [0, 0.1) is 16.7 Å². The van der Waals surface area contributed by atoms with Crippen molar-refractivity contribution in [3.63, 3.8) is 0 Å². The third kappa shape index (κ3) is 1.55. The number of methoxy groups -OCH3 is 2. The van der Waals surface area contributed by atoms with Crippen molar-refractivity contribution in [3.05, 3.63) is 0 Å². The van der Waals surface area contributed by atoms with Crippen molar-refractivity contribution in [2.75, 3.05) is 20.8 Å². The lowest BCUT2D eigenvalue weighted by Gasteiger charge is -2.15. The number of hydrogen-bond acceptors (Lipinski definition) is 6. The Morgan fingerprint density at radius 2 is 1.65 bits per heavy atom. The molecule has 0 radical (unpaired) electrons. The topological polar surface area (TPSA) is 93.1 Å². The van der Waals surface area contributed by atoms with Crippen molar-refractivity contribution in [1.82, 2.24) is 0 Å². The van der Waals surface area contributed by atoms with E-state index in [1.807, 2.05) is 0 Å². The highest BCUT2D eigenvalue weighted by Gasteiger charge is 2.83. The molecule has 17 heavy (non-hydrogen) atoms. The summed E-state index contributed by atoms with van der Waals surface area (Å²) >= 11 is 0. The number of aliphatic hydroxyl groups excluding tert-OH is 2. The molecule has 1 aliphatic carbocycles. The normalized spacial score (nSPS) is 25.9. The second kappa shape index (κ2) is 4.27. The Labute approximate surface area is 99.5 Å². The van der Waals surface area contributed by atoms with Crippen LogP contribution in [0.15, 0.2) is 0 Å². The van der Waals surface area contributed by atoms with Gasteiger partial charge in [-0.1, -0.05) is 13.8 Å². The highest BCUT2D eigenvalue weighted by molar-refractivity contribution is 6.05. The van der Waals surface area contributed by atoms with E-state index in [2.05, 4.69) is 9.47 Å². The predicted octanol–water partition coefficient (Wildman–Crippen LogP) is -0.672. The van der Waals surface area contributed by atoms with Gasteiger partial charge in [0, 0.05) is 5.92 Å². The fourth-order valence-electron chi connectivity index (χ4n) is 2.86. The molecule has 2 N–H and O–H groups in total. The van der Waals surface area contributed by atoms with Gasteiger partial charge in [0.1, 0.15) is 0 Å². The molecule has 1 rings (SSSR count). The van der Waals surface area contributed by atoms with Crippen LogP contribution in [-0.4, -0.2) is 49.1 Å². The third-order valence-corrected chi connectivity index (χ3v) is 3.76. The minimum atomic E-state index is -1.53. The third-order valence-electron chi connectivity index (χ3n) is 3.76. The van der Waals surface area contributed by atoms with Crippen molar-refractivity contribution in [1.29, 1.82) is 0 Å². The SMILES string of the molecule is COC(=O)C1(C(=O)OC)[C@H]([C@H](O)CO)C1(C)C. The molecule has 1 saturated carbocycles. The molecule has 0 heterocycles. The first-order valence-electron chi connectivity index (χ1n) is 5.28. The average molecular weight is 246 g/mol. The highest BCUT2D eigenvalue weighted by Crippen LogP contribution is 2.71. The number of rotatable bonds is 4. The van der Waals surface area contributed by atoms with E-state index in [9.17, 15) is 14.7 Å². The Kier molecular flexibility index (Phi) is 3.50. The summed E-state index contributed by atoms with van der Waals surface area (Å²) in [5, 5.41) is 18.7. The van der Waals surface area contributed by atoms with E-state index >= 15 is 0 Å². The van der Waals surface area contributed by atoms with Crippen molar-refractivity contribution >= 4 is 11.9 Å². The van der Waals surface area contributed by atoms with Crippen molar-refractivity contribution in [2.24, 2.45) is 16.7 Å². The number of carbonyl (C=O) groups is 2. The minimum absolute atomic E-state index is 0.524. The van der Waals surface area contributed by atoms with Crippen LogP contribution in [0.5, 0.6) is 0 Å². The van der Waals surface area contributed by atoms with Crippen LogP contribution in [0.4, 0.5) is 0 Å². The summed E-state index contributed by atoms with van der Waals surface area (Å²) < 4.78 is 9.26. The predicted molar refractivity (Wildman–Crippen MR) is 56.8 cm³/mol. The molecule has 0 bridgehead atoms. The standard InChI is InChI=1S/C11H18O6/c1-10(2)7(6(13)5-12)11(10,8(14)16-3)9(15)17-4/h6-7,12-13H,5H2,1-4H3/t6-,7-/m1/s1. The van der Waals surface area contributed by atoms with Crippen molar-refractivity contribution in [2.45, 2.75) is 20.0 Å². The smallest absolute Gasteiger partial charge is 0.324 e. The molecule has 0 aliphatic heterocycles. The van der Waals surface area contributed by atoms with Gasteiger partial charge in [0.05, 0.1) is 26.9 Å². The Morgan fingerprint density at radius 1 is 1.24 bits per heavy atom. The van der Waals surface area contributed by atoms with E-state index in [4.69, 9.17) is 5.11 Å². The molecule has 2 atom stereocenters. The fraction of sp³-hybridized carbons (Fsp3) is 0.818. The second-order valence-corrected chi connectivity index (χ2v) is 4.74. The molecule has 0 unspecified atom stereocenters. The number of ether oxygens (including phenoxy) is 2. The largest absolute Gasteiger partial charge is 0.468 e. The summed E-state index contributed by atoms with van der Waals surface area (Å²) in [6.45, 7) is 2.79. The number of esters is 2. The van der Waals surface area contributed by atoms with Gasteiger partial charge < -0.3 is 19.7 Å². The molecule has 6 heteroatoms. The molecule has 0 spiro atoms. The van der Waals surface area contributed by atoms with Gasteiger partial charge in [-0.05, 0) is 5.41 Å². The lowest BCUT2D eigenvalue weighted by atomic mass is 9.96. The molecule has 0 aromatic carbocycles. The van der Waals surface area contributed by atoms with Crippen LogP contribution in [0.25, 0.3) is 0 Å². The molecule has 6 nitrogen and oxygen atoms in total. The maximum atomic E-state index is 11.8. The van der Waals surface area contributed by atoms with Gasteiger partial charge in [0.2, 0.25) is 0 Å². The van der Waals surface area contributed by atoms with Gasteiger partial charge >= 0.3 is 11.9 Å². The summed E-state index contributed by atoms with van der Waals surface area (Å²) in [7, 11) is 2.34. The monoisotopic (exact) mass is 246 g/mol. The van der Waals surface area contributed by atoms with Crippen molar-refractivity contribution in [3.8, 4) is 0 Å². The van der Waals surface area contributed by atoms with E-state index in [0.717, 1.165) is 0 Å². The number of carbonyl (C=O) groups excluding carboxylic acids is 2. The molecule has 0 aromatic heterocycles. The van der Waals surface area contributed by atoms with Crippen LogP contribution in [0.3, 0.4) is 0 Å². The highest BCUT2D eigenvalue weighted by atomic mass is 16.5. The zero-order chi connectivity index (χ0) is 13.4. The second-order valence-electron chi connectivity index (χ2n) is 4.74. The Morgan fingerprint density at radius 3 is 1.94 bits per heavy atom. The van der Waals surface area contributed by atoms with Gasteiger partial charge in [-0.25, -0.2) is 0 Å². The van der Waals surface area contributed by atoms with Crippen LogP contribution >= 0.6 is 0 Å². The molecular formula is C11H18O6. The Hall–Kier alpha value is -1.14. The maximum absolute atomic E-state index is 11.8. The lowest BCUT2D eigenvalue weighted by molar-refractivity contribution is -0.164. The molecule has 98 valence electrons. The van der Waals surface area contributed by atoms with Gasteiger partial charge in [-0.3, -0.25) is 9.59 Å². The minimum Gasteiger partial charge on any atom is -0.468 e. The number of hydrogen-bond donors (Lipinski definition) is 2. The summed E-state index contributed by atoms with van der Waals surface area (Å²) in [5.74, 6) is -2.20. The van der Waals surface area contributed by atoms with E-state index in [-0.39, 0.29) is 0 Å². The van der Waals surface area contributed by atoms with E-state index in [0.29, 0.717) is 0 Å². The first kappa shape index (κ1) is 13.9.